The second-order valence-corrected chi connectivity index (χ2v) is 6.50. The van der Waals surface area contributed by atoms with Gasteiger partial charge in [0.15, 0.2) is 0 Å². The van der Waals surface area contributed by atoms with Gasteiger partial charge in [0.25, 0.3) is 5.91 Å². The minimum Gasteiger partial charge on any atom is -0.367 e. The lowest BCUT2D eigenvalue weighted by Crippen LogP contribution is -2.42. The second kappa shape index (κ2) is 7.03. The van der Waals surface area contributed by atoms with Gasteiger partial charge in [-0.3, -0.25) is 9.78 Å². The third-order valence-corrected chi connectivity index (χ3v) is 4.61. The zero-order valence-corrected chi connectivity index (χ0v) is 14.6. The molecule has 0 aliphatic carbocycles. The number of carbonyl (C=O) groups excluding carboxylic acids is 1. The van der Waals surface area contributed by atoms with E-state index in [2.05, 4.69) is 25.3 Å². The van der Waals surface area contributed by atoms with Crippen LogP contribution in [-0.2, 0) is 0 Å². The first kappa shape index (κ1) is 16.4. The Balaban J connectivity index is 1.39. The third kappa shape index (κ3) is 3.46. The summed E-state index contributed by atoms with van der Waals surface area (Å²) in [5, 5.41) is 3.43. The minimum absolute atomic E-state index is 0.0559. The highest BCUT2D eigenvalue weighted by Gasteiger charge is 2.25. The predicted octanol–water partition coefficient (Wildman–Crippen LogP) is 2.44. The number of hydrogen-bond donors (Lipinski definition) is 1. The van der Waals surface area contributed by atoms with Crippen LogP contribution in [0.1, 0.15) is 29.0 Å². The maximum Gasteiger partial charge on any atom is 0.274 e. The van der Waals surface area contributed by atoms with Crippen LogP contribution < -0.4 is 5.32 Å². The lowest BCUT2D eigenvalue weighted by molar-refractivity contribution is 0.0712. The highest BCUT2D eigenvalue weighted by molar-refractivity contribution is 5.93. The van der Waals surface area contributed by atoms with Crippen molar-refractivity contribution in [3.05, 3.63) is 54.2 Å². The Kier molecular flexibility index (Phi) is 4.43. The van der Waals surface area contributed by atoms with E-state index in [-0.39, 0.29) is 5.91 Å². The molecule has 4 rings (SSSR count). The maximum atomic E-state index is 12.7. The number of fused-ring (bicyclic) bond motifs is 1. The molecule has 0 saturated carbocycles. The van der Waals surface area contributed by atoms with E-state index in [4.69, 9.17) is 0 Å². The summed E-state index contributed by atoms with van der Waals surface area (Å²) < 4.78 is 0. The maximum absolute atomic E-state index is 12.7. The highest BCUT2D eigenvalue weighted by atomic mass is 16.2. The molecule has 0 bridgehead atoms. The summed E-state index contributed by atoms with van der Waals surface area (Å²) in [4.78, 5) is 31.7. The number of para-hydroxylation sites is 2. The molecule has 1 N–H and O–H groups in total. The Labute approximate surface area is 151 Å². The van der Waals surface area contributed by atoms with Gasteiger partial charge >= 0.3 is 0 Å². The molecule has 0 spiro atoms. The first-order chi connectivity index (χ1) is 12.7. The van der Waals surface area contributed by atoms with Gasteiger partial charge in [-0.2, -0.15) is 0 Å². The number of likely N-dealkylation sites (tertiary alicyclic amines) is 1. The number of nitrogens with zero attached hydrogens (tertiary/aromatic N) is 5. The number of aromatic nitrogens is 4. The standard InChI is InChI=1S/C19H20N6O/c1-13-10-18(22-12-21-13)23-14-6-8-25(9-7-14)19(26)17-11-20-15-4-2-3-5-16(15)24-17/h2-5,10-12,14H,6-9H2,1H3,(H,21,22,23). The number of benzene rings is 1. The molecule has 0 atom stereocenters. The predicted molar refractivity (Wildman–Crippen MR) is 98.9 cm³/mol. The van der Waals surface area contributed by atoms with Gasteiger partial charge in [-0.05, 0) is 31.9 Å². The molecule has 0 unspecified atom stereocenters. The van der Waals surface area contributed by atoms with Crippen molar-refractivity contribution in [3.8, 4) is 0 Å². The minimum atomic E-state index is -0.0559. The van der Waals surface area contributed by atoms with E-state index in [1.54, 1.807) is 12.5 Å². The van der Waals surface area contributed by atoms with Crippen LogP contribution in [0, 0.1) is 6.92 Å². The van der Waals surface area contributed by atoms with Gasteiger partial charge in [-0.1, -0.05) is 12.1 Å². The number of rotatable bonds is 3. The van der Waals surface area contributed by atoms with Crippen molar-refractivity contribution < 1.29 is 4.79 Å². The quantitative estimate of drug-likeness (QED) is 0.783. The van der Waals surface area contributed by atoms with E-state index in [0.29, 0.717) is 24.8 Å². The number of aryl methyl sites for hydroxylation is 1. The fourth-order valence-electron chi connectivity index (χ4n) is 3.19. The lowest BCUT2D eigenvalue weighted by atomic mass is 10.0. The summed E-state index contributed by atoms with van der Waals surface area (Å²) in [7, 11) is 0. The summed E-state index contributed by atoms with van der Waals surface area (Å²) in [6.07, 6.45) is 4.87. The number of carbonyl (C=O) groups is 1. The lowest BCUT2D eigenvalue weighted by Gasteiger charge is -2.32. The molecule has 3 heterocycles. The van der Waals surface area contributed by atoms with Gasteiger partial charge in [-0.25, -0.2) is 15.0 Å². The van der Waals surface area contributed by atoms with Crippen LogP contribution in [0.25, 0.3) is 11.0 Å². The number of anilines is 1. The molecular formula is C19H20N6O. The van der Waals surface area contributed by atoms with E-state index in [1.165, 1.54) is 0 Å². The van der Waals surface area contributed by atoms with E-state index in [1.807, 2.05) is 42.2 Å². The number of piperidine rings is 1. The number of nitrogens with one attached hydrogen (secondary N) is 1. The first-order valence-corrected chi connectivity index (χ1v) is 8.75. The molecule has 2 aromatic heterocycles. The summed E-state index contributed by atoms with van der Waals surface area (Å²) >= 11 is 0. The Morgan fingerprint density at radius 1 is 1.12 bits per heavy atom. The van der Waals surface area contributed by atoms with Crippen LogP contribution in [-0.4, -0.2) is 49.9 Å². The first-order valence-electron chi connectivity index (χ1n) is 8.75. The average Bonchev–Trinajstić information content (AvgIpc) is 2.68. The highest BCUT2D eigenvalue weighted by Crippen LogP contribution is 2.17. The molecule has 1 amide bonds. The summed E-state index contributed by atoms with van der Waals surface area (Å²) in [6.45, 7) is 3.32. The van der Waals surface area contributed by atoms with Gasteiger partial charge in [0.2, 0.25) is 0 Å². The molecule has 7 nitrogen and oxygen atoms in total. The van der Waals surface area contributed by atoms with Crippen molar-refractivity contribution in [3.63, 3.8) is 0 Å². The van der Waals surface area contributed by atoms with Gasteiger partial charge in [0.05, 0.1) is 17.2 Å². The van der Waals surface area contributed by atoms with Crippen LogP contribution in [0.15, 0.2) is 42.9 Å². The van der Waals surface area contributed by atoms with Crippen molar-refractivity contribution in [1.82, 2.24) is 24.8 Å². The topological polar surface area (TPSA) is 83.9 Å². The fraction of sp³-hybridized carbons (Fsp3) is 0.316. The van der Waals surface area contributed by atoms with Crippen molar-refractivity contribution in [2.75, 3.05) is 18.4 Å². The molecule has 1 aliphatic rings. The molecule has 3 aromatic rings. The van der Waals surface area contributed by atoms with Crippen LogP contribution in [0.3, 0.4) is 0 Å². The fourth-order valence-corrected chi connectivity index (χ4v) is 3.19. The largest absolute Gasteiger partial charge is 0.367 e. The monoisotopic (exact) mass is 348 g/mol. The van der Waals surface area contributed by atoms with Crippen LogP contribution in [0.5, 0.6) is 0 Å². The van der Waals surface area contributed by atoms with E-state index >= 15 is 0 Å². The number of hydrogen-bond acceptors (Lipinski definition) is 6. The van der Waals surface area contributed by atoms with Crippen LogP contribution in [0.2, 0.25) is 0 Å². The molecule has 1 aromatic carbocycles. The molecule has 26 heavy (non-hydrogen) atoms. The zero-order valence-electron chi connectivity index (χ0n) is 14.6. The molecule has 132 valence electrons. The van der Waals surface area contributed by atoms with Crippen molar-refractivity contribution in [1.29, 1.82) is 0 Å². The summed E-state index contributed by atoms with van der Waals surface area (Å²) in [6, 6.07) is 9.81. The van der Waals surface area contributed by atoms with E-state index in [9.17, 15) is 4.79 Å². The average molecular weight is 348 g/mol. The Morgan fingerprint density at radius 2 is 1.88 bits per heavy atom. The van der Waals surface area contributed by atoms with Crippen molar-refractivity contribution in [2.45, 2.75) is 25.8 Å². The number of amides is 1. The normalized spacial score (nSPS) is 15.2. The second-order valence-electron chi connectivity index (χ2n) is 6.50. The van der Waals surface area contributed by atoms with Crippen molar-refractivity contribution >= 4 is 22.8 Å². The molecule has 7 heteroatoms. The zero-order chi connectivity index (χ0) is 17.9. The Morgan fingerprint density at radius 3 is 2.65 bits per heavy atom. The molecule has 1 saturated heterocycles. The summed E-state index contributed by atoms with van der Waals surface area (Å²) in [5.41, 5.74) is 2.88. The van der Waals surface area contributed by atoms with Crippen LogP contribution >= 0.6 is 0 Å². The summed E-state index contributed by atoms with van der Waals surface area (Å²) in [5.74, 6) is 0.780. The Hall–Kier alpha value is -3.09. The van der Waals surface area contributed by atoms with Gasteiger partial charge in [0, 0.05) is 30.9 Å². The third-order valence-electron chi connectivity index (χ3n) is 4.61. The molecule has 1 aliphatic heterocycles. The van der Waals surface area contributed by atoms with E-state index < -0.39 is 0 Å². The van der Waals surface area contributed by atoms with E-state index in [0.717, 1.165) is 35.4 Å². The van der Waals surface area contributed by atoms with Gasteiger partial charge in [0.1, 0.15) is 17.8 Å². The van der Waals surface area contributed by atoms with Gasteiger partial charge < -0.3 is 10.2 Å². The van der Waals surface area contributed by atoms with Crippen molar-refractivity contribution in [2.24, 2.45) is 0 Å². The molecule has 1 fully saturated rings. The van der Waals surface area contributed by atoms with Gasteiger partial charge in [-0.15, -0.1) is 0 Å². The Bertz CT molecular complexity index is 936. The SMILES string of the molecule is Cc1cc(NC2CCN(C(=O)c3cnc4ccccc4n3)CC2)ncn1. The van der Waals surface area contributed by atoms with Crippen LogP contribution in [0.4, 0.5) is 5.82 Å². The smallest absolute Gasteiger partial charge is 0.274 e. The molecular weight excluding hydrogens is 328 g/mol. The molecule has 0 radical (unpaired) electrons.